The Morgan fingerprint density at radius 1 is 1.03 bits per heavy atom. The molecule has 0 aliphatic rings. The van der Waals surface area contributed by atoms with Crippen LogP contribution < -0.4 is 4.74 Å². The first-order valence-corrected chi connectivity index (χ1v) is 11.3. The van der Waals surface area contributed by atoms with E-state index in [-0.39, 0.29) is 11.5 Å². The molecule has 0 spiro atoms. The maximum absolute atomic E-state index is 13.0. The monoisotopic (exact) mass is 447 g/mol. The van der Waals surface area contributed by atoms with Gasteiger partial charge in [0.15, 0.2) is 5.78 Å². The number of hydrogen-bond donors (Lipinski definition) is 0. The van der Waals surface area contributed by atoms with E-state index in [1.807, 2.05) is 44.2 Å². The van der Waals surface area contributed by atoms with Crippen LogP contribution in [0.1, 0.15) is 32.9 Å². The van der Waals surface area contributed by atoms with Crippen LogP contribution >= 0.6 is 11.8 Å². The van der Waals surface area contributed by atoms with Gasteiger partial charge >= 0.3 is 0 Å². The highest BCUT2D eigenvalue weighted by Crippen LogP contribution is 2.31. The Hall–Kier alpha value is -3.32. The molecule has 164 valence electrons. The number of ether oxygens (including phenoxy) is 1. The number of aromatic nitrogens is 3. The lowest BCUT2D eigenvalue weighted by Gasteiger charge is -2.12. The molecule has 4 rings (SSSR count). The second-order valence-corrected chi connectivity index (χ2v) is 8.60. The first kappa shape index (κ1) is 21.9. The third kappa shape index (κ3) is 4.21. The zero-order valence-electron chi connectivity index (χ0n) is 18.8. The number of rotatable bonds is 7. The predicted octanol–water partition coefficient (Wildman–Crippen LogP) is 5.74. The van der Waals surface area contributed by atoms with Crippen LogP contribution in [0.5, 0.6) is 5.75 Å². The van der Waals surface area contributed by atoms with E-state index in [0.717, 1.165) is 22.6 Å². The van der Waals surface area contributed by atoms with Gasteiger partial charge in [-0.25, -0.2) is 0 Å². The Kier molecular flexibility index (Phi) is 6.19. The van der Waals surface area contributed by atoms with Gasteiger partial charge in [-0.15, -0.1) is 10.2 Å². The van der Waals surface area contributed by atoms with Gasteiger partial charge in [0.1, 0.15) is 5.75 Å². The van der Waals surface area contributed by atoms with E-state index in [9.17, 15) is 4.79 Å². The third-order valence-corrected chi connectivity index (χ3v) is 6.37. The molecule has 0 bridgehead atoms. The Balaban J connectivity index is 1.51. The zero-order valence-corrected chi connectivity index (χ0v) is 19.6. The van der Waals surface area contributed by atoms with Crippen molar-refractivity contribution in [1.29, 1.82) is 0 Å². The van der Waals surface area contributed by atoms with Gasteiger partial charge < -0.3 is 13.7 Å². The third-order valence-electron chi connectivity index (χ3n) is 5.55. The number of carbonyl (C=O) groups excluding carboxylic acids is 1. The van der Waals surface area contributed by atoms with E-state index >= 15 is 0 Å². The highest BCUT2D eigenvalue weighted by molar-refractivity contribution is 7.99. The van der Waals surface area contributed by atoms with E-state index in [4.69, 9.17) is 9.15 Å². The molecular formula is C25H25N3O3S. The fourth-order valence-electron chi connectivity index (χ4n) is 3.71. The van der Waals surface area contributed by atoms with Gasteiger partial charge in [-0.2, -0.15) is 0 Å². The smallest absolute Gasteiger partial charge is 0.277 e. The first-order chi connectivity index (χ1) is 15.4. The van der Waals surface area contributed by atoms with Crippen molar-refractivity contribution in [2.24, 2.45) is 0 Å². The van der Waals surface area contributed by atoms with Crippen LogP contribution in [-0.2, 0) is 0 Å². The summed E-state index contributed by atoms with van der Waals surface area (Å²) in [5.74, 6) is 1.26. The summed E-state index contributed by atoms with van der Waals surface area (Å²) in [5.41, 5.74) is 6.91. The molecule has 0 aliphatic carbocycles. The van der Waals surface area contributed by atoms with Gasteiger partial charge in [0.2, 0.25) is 0 Å². The lowest BCUT2D eigenvalue weighted by Crippen LogP contribution is -2.06. The second-order valence-electron chi connectivity index (χ2n) is 7.67. The molecule has 0 amide bonds. The standard InChI is InChI=1S/C25H25N3O3S/c1-15-10-11-19(12-16(15)2)28-17(3)13-21(18(28)4)22(29)14-32-25-27-26-24(31-25)20-8-6-7-9-23(20)30-5/h6-13H,14H2,1-5H3. The summed E-state index contributed by atoms with van der Waals surface area (Å²) in [4.78, 5) is 13.0. The Morgan fingerprint density at radius 2 is 1.81 bits per heavy atom. The molecule has 2 heterocycles. The lowest BCUT2D eigenvalue weighted by molar-refractivity contribution is 0.102. The molecule has 2 aromatic heterocycles. The molecule has 0 aliphatic heterocycles. The van der Waals surface area contributed by atoms with Gasteiger partial charge in [-0.3, -0.25) is 4.79 Å². The Bertz CT molecular complexity index is 1290. The topological polar surface area (TPSA) is 70.2 Å². The minimum absolute atomic E-state index is 0.0234. The van der Waals surface area contributed by atoms with Crippen LogP contribution in [0.4, 0.5) is 0 Å². The van der Waals surface area contributed by atoms with Crippen molar-refractivity contribution >= 4 is 17.5 Å². The molecule has 2 aromatic carbocycles. The molecule has 0 atom stereocenters. The van der Waals surface area contributed by atoms with Crippen LogP contribution in [0.15, 0.2) is 58.2 Å². The molecule has 4 aromatic rings. The number of hydrogen-bond acceptors (Lipinski definition) is 6. The number of thioether (sulfide) groups is 1. The van der Waals surface area contributed by atoms with Gasteiger partial charge in [-0.1, -0.05) is 30.0 Å². The number of carbonyl (C=O) groups is 1. The van der Waals surface area contributed by atoms with Crippen molar-refractivity contribution in [1.82, 2.24) is 14.8 Å². The van der Waals surface area contributed by atoms with Crippen LogP contribution in [-0.4, -0.2) is 33.4 Å². The number of benzene rings is 2. The number of aryl methyl sites for hydroxylation is 3. The van der Waals surface area contributed by atoms with Crippen LogP contribution in [0.2, 0.25) is 0 Å². The van der Waals surface area contributed by atoms with Gasteiger partial charge in [-0.05, 0) is 69.2 Å². The van der Waals surface area contributed by atoms with Crippen molar-refractivity contribution in [3.8, 4) is 22.9 Å². The summed E-state index contributed by atoms with van der Waals surface area (Å²) >= 11 is 1.24. The van der Waals surface area contributed by atoms with Crippen molar-refractivity contribution in [3.05, 3.63) is 76.6 Å². The summed E-state index contributed by atoms with van der Waals surface area (Å²) < 4.78 is 13.2. The normalized spacial score (nSPS) is 11.0. The Labute approximate surface area is 191 Å². The molecule has 0 saturated carbocycles. The fourth-order valence-corrected chi connectivity index (χ4v) is 4.36. The number of methoxy groups -OCH3 is 1. The maximum Gasteiger partial charge on any atom is 0.277 e. The molecule has 7 heteroatoms. The van der Waals surface area contributed by atoms with Gasteiger partial charge in [0, 0.05) is 22.6 Å². The van der Waals surface area contributed by atoms with Crippen LogP contribution in [0.3, 0.4) is 0 Å². The zero-order chi connectivity index (χ0) is 22.8. The first-order valence-electron chi connectivity index (χ1n) is 10.3. The van der Waals surface area contributed by atoms with Gasteiger partial charge in [0.25, 0.3) is 11.1 Å². The van der Waals surface area contributed by atoms with Crippen LogP contribution in [0, 0.1) is 27.7 Å². The molecule has 6 nitrogen and oxygen atoms in total. The number of Topliss-reactive ketones (excluding diaryl/α,β-unsaturated/α-hetero) is 1. The highest BCUT2D eigenvalue weighted by Gasteiger charge is 2.19. The summed E-state index contributed by atoms with van der Waals surface area (Å²) in [5, 5.41) is 8.53. The molecule has 0 saturated heterocycles. The minimum Gasteiger partial charge on any atom is -0.496 e. The minimum atomic E-state index is 0.0234. The number of para-hydroxylation sites is 1. The van der Waals surface area contributed by atoms with Crippen LogP contribution in [0.25, 0.3) is 17.1 Å². The van der Waals surface area contributed by atoms with Crippen molar-refractivity contribution in [2.45, 2.75) is 32.9 Å². The van der Waals surface area contributed by atoms with Gasteiger partial charge in [0.05, 0.1) is 18.4 Å². The molecule has 0 radical (unpaired) electrons. The van der Waals surface area contributed by atoms with Crippen molar-refractivity contribution < 1.29 is 13.9 Å². The summed E-state index contributed by atoms with van der Waals surface area (Å²) in [6.45, 7) is 8.19. The van der Waals surface area contributed by atoms with Crippen molar-refractivity contribution in [3.63, 3.8) is 0 Å². The summed E-state index contributed by atoms with van der Waals surface area (Å²) in [6.07, 6.45) is 0. The van der Waals surface area contributed by atoms with E-state index in [2.05, 4.69) is 46.8 Å². The molecule has 0 N–H and O–H groups in total. The largest absolute Gasteiger partial charge is 0.496 e. The average molecular weight is 448 g/mol. The van der Waals surface area contributed by atoms with E-state index < -0.39 is 0 Å². The van der Waals surface area contributed by atoms with E-state index in [1.54, 1.807) is 7.11 Å². The fraction of sp³-hybridized carbons (Fsp3) is 0.240. The SMILES string of the molecule is COc1ccccc1-c1nnc(SCC(=O)c2cc(C)n(-c3ccc(C)c(C)c3)c2C)o1. The van der Waals surface area contributed by atoms with Crippen molar-refractivity contribution in [2.75, 3.05) is 12.9 Å². The van der Waals surface area contributed by atoms with E-state index in [1.165, 1.54) is 22.9 Å². The molecule has 0 unspecified atom stereocenters. The highest BCUT2D eigenvalue weighted by atomic mass is 32.2. The number of ketones is 1. The summed E-state index contributed by atoms with van der Waals surface area (Å²) in [7, 11) is 1.60. The number of nitrogens with zero attached hydrogens (tertiary/aromatic N) is 3. The predicted molar refractivity (Wildman–Crippen MR) is 126 cm³/mol. The lowest BCUT2D eigenvalue weighted by atomic mass is 10.1. The second kappa shape index (κ2) is 9.04. The molecule has 32 heavy (non-hydrogen) atoms. The molecule has 0 fully saturated rings. The maximum atomic E-state index is 13.0. The molecular weight excluding hydrogens is 422 g/mol. The summed E-state index contributed by atoms with van der Waals surface area (Å²) in [6, 6.07) is 15.7. The quantitative estimate of drug-likeness (QED) is 0.266. The van der Waals surface area contributed by atoms with E-state index in [0.29, 0.717) is 22.4 Å². The average Bonchev–Trinajstić information content (AvgIpc) is 3.38. The Morgan fingerprint density at radius 3 is 2.56 bits per heavy atom.